The van der Waals surface area contributed by atoms with Crippen molar-refractivity contribution in [1.82, 2.24) is 5.32 Å². The number of benzene rings is 1. The van der Waals surface area contributed by atoms with Crippen LogP contribution >= 0.6 is 0 Å². The van der Waals surface area contributed by atoms with E-state index in [-0.39, 0.29) is 17.9 Å². The van der Waals surface area contributed by atoms with Gasteiger partial charge in [0.25, 0.3) is 5.91 Å². The van der Waals surface area contributed by atoms with Gasteiger partial charge < -0.3 is 16.4 Å². The van der Waals surface area contributed by atoms with Crippen LogP contribution in [0, 0.1) is 0 Å². The van der Waals surface area contributed by atoms with E-state index >= 15 is 0 Å². The van der Waals surface area contributed by atoms with E-state index in [0.717, 1.165) is 6.42 Å². The molecule has 0 bridgehead atoms. The average molecular weight is 277 g/mol. The molecule has 0 aliphatic heterocycles. The summed E-state index contributed by atoms with van der Waals surface area (Å²) >= 11 is 0. The number of nitrogens with two attached hydrogens (primary N) is 1. The molecular weight excluding hydrogens is 254 g/mol. The minimum Gasteiger partial charge on any atom is -0.350 e. The second-order valence-electron chi connectivity index (χ2n) is 5.09. The van der Waals surface area contributed by atoms with Gasteiger partial charge in [0, 0.05) is 17.3 Å². The molecule has 0 saturated heterocycles. The molecule has 0 fully saturated rings. The Hall–Kier alpha value is -1.88. The first-order valence-corrected chi connectivity index (χ1v) is 6.91. The van der Waals surface area contributed by atoms with Crippen LogP contribution < -0.4 is 16.4 Å². The number of hydrogen-bond donors (Lipinski definition) is 3. The smallest absolute Gasteiger partial charge is 0.251 e. The predicted molar refractivity (Wildman–Crippen MR) is 80.6 cm³/mol. The summed E-state index contributed by atoms with van der Waals surface area (Å²) in [6, 6.07) is 6.37. The molecular formula is C15H23N3O2. The predicted octanol–water partition coefficient (Wildman–Crippen LogP) is 1.89. The Labute approximate surface area is 119 Å². The van der Waals surface area contributed by atoms with Crippen molar-refractivity contribution in [1.29, 1.82) is 0 Å². The highest BCUT2D eigenvalue weighted by Crippen LogP contribution is 2.11. The van der Waals surface area contributed by atoms with Crippen LogP contribution in [0.2, 0.25) is 0 Å². The van der Waals surface area contributed by atoms with Gasteiger partial charge in [-0.05, 0) is 38.5 Å². The summed E-state index contributed by atoms with van der Waals surface area (Å²) in [5, 5.41) is 5.54. The molecule has 110 valence electrons. The summed E-state index contributed by atoms with van der Waals surface area (Å²) in [5.41, 5.74) is 6.84. The summed E-state index contributed by atoms with van der Waals surface area (Å²) < 4.78 is 0. The van der Waals surface area contributed by atoms with Crippen molar-refractivity contribution in [2.45, 2.75) is 45.7 Å². The highest BCUT2D eigenvalue weighted by atomic mass is 16.2. The standard InChI is InChI=1S/C15H23N3O2/c1-4-6-13(16)15(20)18-12-8-5-7-11(9-12)14(19)17-10(2)3/h5,7-10,13H,4,6,16H2,1-3H3,(H,17,19)(H,18,20)/t13-/m0/s1. The van der Waals surface area contributed by atoms with E-state index in [4.69, 9.17) is 5.73 Å². The zero-order valence-corrected chi connectivity index (χ0v) is 12.3. The Bertz CT molecular complexity index is 472. The fraction of sp³-hybridized carbons (Fsp3) is 0.467. The maximum Gasteiger partial charge on any atom is 0.251 e. The minimum absolute atomic E-state index is 0.0683. The van der Waals surface area contributed by atoms with E-state index in [9.17, 15) is 9.59 Å². The normalized spacial score (nSPS) is 12.1. The molecule has 0 aliphatic rings. The average Bonchev–Trinajstić information content (AvgIpc) is 2.38. The molecule has 0 radical (unpaired) electrons. The molecule has 0 aromatic heterocycles. The summed E-state index contributed by atoms with van der Waals surface area (Å²) in [7, 11) is 0. The number of nitrogens with one attached hydrogen (secondary N) is 2. The number of anilines is 1. The van der Waals surface area contributed by atoms with Crippen molar-refractivity contribution >= 4 is 17.5 Å². The topological polar surface area (TPSA) is 84.2 Å². The van der Waals surface area contributed by atoms with Crippen LogP contribution in [0.5, 0.6) is 0 Å². The number of rotatable bonds is 6. The third-order valence-electron chi connectivity index (χ3n) is 2.75. The summed E-state index contributed by atoms with van der Waals surface area (Å²) in [4.78, 5) is 23.7. The van der Waals surface area contributed by atoms with Crippen LogP contribution in [0.3, 0.4) is 0 Å². The quantitative estimate of drug-likeness (QED) is 0.742. The molecule has 0 saturated carbocycles. The third kappa shape index (κ3) is 5.01. The van der Waals surface area contributed by atoms with Gasteiger partial charge in [-0.2, -0.15) is 0 Å². The maximum absolute atomic E-state index is 11.9. The number of hydrogen-bond acceptors (Lipinski definition) is 3. The highest BCUT2D eigenvalue weighted by Gasteiger charge is 2.13. The van der Waals surface area contributed by atoms with Crippen LogP contribution in [-0.2, 0) is 4.79 Å². The Kier molecular flexibility index (Phi) is 6.18. The molecule has 4 N–H and O–H groups in total. The zero-order valence-electron chi connectivity index (χ0n) is 12.3. The summed E-state index contributed by atoms with van der Waals surface area (Å²) in [6.45, 7) is 5.77. The lowest BCUT2D eigenvalue weighted by Gasteiger charge is -2.12. The van der Waals surface area contributed by atoms with Crippen LogP contribution in [-0.4, -0.2) is 23.9 Å². The molecule has 1 rings (SSSR count). The van der Waals surface area contributed by atoms with Crippen molar-refractivity contribution in [3.05, 3.63) is 29.8 Å². The first-order valence-electron chi connectivity index (χ1n) is 6.91. The molecule has 1 aromatic rings. The van der Waals surface area contributed by atoms with Gasteiger partial charge in [-0.15, -0.1) is 0 Å². The van der Waals surface area contributed by atoms with Gasteiger partial charge in [0.1, 0.15) is 0 Å². The first kappa shape index (κ1) is 16.2. The number of carbonyl (C=O) groups excluding carboxylic acids is 2. The van der Waals surface area contributed by atoms with Gasteiger partial charge in [0.15, 0.2) is 0 Å². The number of amides is 2. The Morgan fingerprint density at radius 1 is 1.30 bits per heavy atom. The molecule has 0 aliphatic carbocycles. The van der Waals surface area contributed by atoms with Crippen molar-refractivity contribution in [2.75, 3.05) is 5.32 Å². The maximum atomic E-state index is 11.9. The fourth-order valence-electron chi connectivity index (χ4n) is 1.76. The lowest BCUT2D eigenvalue weighted by atomic mass is 10.1. The lowest BCUT2D eigenvalue weighted by Crippen LogP contribution is -2.35. The van der Waals surface area contributed by atoms with E-state index in [1.165, 1.54) is 0 Å². The molecule has 0 spiro atoms. The summed E-state index contributed by atoms with van der Waals surface area (Å²) in [5.74, 6) is -0.387. The van der Waals surface area contributed by atoms with Gasteiger partial charge in [-0.25, -0.2) is 0 Å². The van der Waals surface area contributed by atoms with Gasteiger partial charge in [-0.3, -0.25) is 9.59 Å². The van der Waals surface area contributed by atoms with Gasteiger partial charge in [-0.1, -0.05) is 19.4 Å². The van der Waals surface area contributed by atoms with Crippen LogP contribution in [0.15, 0.2) is 24.3 Å². The molecule has 20 heavy (non-hydrogen) atoms. The monoisotopic (exact) mass is 277 g/mol. The second kappa shape index (κ2) is 7.65. The fourth-order valence-corrected chi connectivity index (χ4v) is 1.76. The van der Waals surface area contributed by atoms with E-state index in [2.05, 4.69) is 10.6 Å². The Morgan fingerprint density at radius 3 is 2.60 bits per heavy atom. The largest absolute Gasteiger partial charge is 0.350 e. The van der Waals surface area contributed by atoms with Crippen molar-refractivity contribution in [3.63, 3.8) is 0 Å². The first-order chi connectivity index (χ1) is 9.43. The molecule has 0 unspecified atom stereocenters. The Balaban J connectivity index is 2.73. The molecule has 1 aromatic carbocycles. The molecule has 5 nitrogen and oxygen atoms in total. The van der Waals surface area contributed by atoms with E-state index in [0.29, 0.717) is 17.7 Å². The zero-order chi connectivity index (χ0) is 15.1. The van der Waals surface area contributed by atoms with Crippen molar-refractivity contribution < 1.29 is 9.59 Å². The highest BCUT2D eigenvalue weighted by molar-refractivity contribution is 5.98. The van der Waals surface area contributed by atoms with E-state index < -0.39 is 6.04 Å². The molecule has 1 atom stereocenters. The molecule has 2 amide bonds. The Morgan fingerprint density at radius 2 is 2.00 bits per heavy atom. The van der Waals surface area contributed by atoms with Crippen molar-refractivity contribution in [3.8, 4) is 0 Å². The SMILES string of the molecule is CCC[C@H](N)C(=O)Nc1cccc(C(=O)NC(C)C)c1. The van der Waals surface area contributed by atoms with Crippen LogP contribution in [0.1, 0.15) is 44.0 Å². The van der Waals surface area contributed by atoms with Gasteiger partial charge in [0.2, 0.25) is 5.91 Å². The van der Waals surface area contributed by atoms with E-state index in [1.54, 1.807) is 24.3 Å². The minimum atomic E-state index is -0.520. The third-order valence-corrected chi connectivity index (χ3v) is 2.75. The molecule has 0 heterocycles. The van der Waals surface area contributed by atoms with Gasteiger partial charge >= 0.3 is 0 Å². The summed E-state index contributed by atoms with van der Waals surface area (Å²) in [6.07, 6.45) is 1.49. The molecule has 5 heteroatoms. The van der Waals surface area contributed by atoms with Crippen molar-refractivity contribution in [2.24, 2.45) is 5.73 Å². The van der Waals surface area contributed by atoms with E-state index in [1.807, 2.05) is 20.8 Å². The van der Waals surface area contributed by atoms with Crippen LogP contribution in [0.4, 0.5) is 5.69 Å². The van der Waals surface area contributed by atoms with Crippen LogP contribution in [0.25, 0.3) is 0 Å². The lowest BCUT2D eigenvalue weighted by molar-refractivity contribution is -0.117. The second-order valence-corrected chi connectivity index (χ2v) is 5.09. The number of carbonyl (C=O) groups is 2. The van der Waals surface area contributed by atoms with Gasteiger partial charge in [0.05, 0.1) is 6.04 Å².